The number of nitrogens with one attached hydrogen (secondary N) is 1. The van der Waals surface area contributed by atoms with Crippen molar-refractivity contribution >= 4 is 35.2 Å². The largest absolute Gasteiger partial charge is 0.355 e. The highest BCUT2D eigenvalue weighted by atomic mass is 35.5. The summed E-state index contributed by atoms with van der Waals surface area (Å²) in [6.45, 7) is 5.54. The van der Waals surface area contributed by atoms with Crippen molar-refractivity contribution in [3.05, 3.63) is 28.8 Å². The second-order valence-corrected chi connectivity index (χ2v) is 6.65. The van der Waals surface area contributed by atoms with Crippen LogP contribution in [-0.2, 0) is 4.79 Å². The van der Waals surface area contributed by atoms with Crippen LogP contribution >= 0.6 is 23.4 Å². The van der Waals surface area contributed by atoms with Crippen molar-refractivity contribution in [2.24, 2.45) is 0 Å². The molecule has 0 spiro atoms. The number of piperazine rings is 1. The number of carbonyl (C=O) groups excluding carboxylic acids is 2. The molecule has 5 nitrogen and oxygen atoms in total. The molecule has 0 saturated carbocycles. The smallest absolute Gasteiger partial charge is 0.255 e. The van der Waals surface area contributed by atoms with Gasteiger partial charge in [0.15, 0.2) is 0 Å². The molecule has 1 saturated heterocycles. The molecule has 1 aliphatic heterocycles. The van der Waals surface area contributed by atoms with Gasteiger partial charge in [0.05, 0.1) is 17.1 Å². The quantitative estimate of drug-likeness (QED) is 0.820. The van der Waals surface area contributed by atoms with Gasteiger partial charge in [-0.15, -0.1) is 11.8 Å². The Bertz CT molecular complexity index is 574. The number of thioether (sulfide) groups is 1. The van der Waals surface area contributed by atoms with Gasteiger partial charge in [0, 0.05) is 37.6 Å². The molecule has 23 heavy (non-hydrogen) atoms. The normalized spacial score (nSPS) is 15.5. The monoisotopic (exact) mass is 355 g/mol. The summed E-state index contributed by atoms with van der Waals surface area (Å²) >= 11 is 7.76. The van der Waals surface area contributed by atoms with Gasteiger partial charge >= 0.3 is 0 Å². The van der Waals surface area contributed by atoms with Crippen LogP contribution in [0.5, 0.6) is 0 Å². The van der Waals surface area contributed by atoms with Gasteiger partial charge in [-0.2, -0.15) is 0 Å². The third-order valence-corrected chi connectivity index (χ3v) is 4.86. The lowest BCUT2D eigenvalue weighted by Crippen LogP contribution is -2.51. The van der Waals surface area contributed by atoms with E-state index in [1.807, 2.05) is 25.3 Å². The van der Waals surface area contributed by atoms with E-state index in [4.69, 9.17) is 11.6 Å². The highest BCUT2D eigenvalue weighted by Gasteiger charge is 2.24. The number of rotatable bonds is 5. The van der Waals surface area contributed by atoms with Gasteiger partial charge in [0.1, 0.15) is 0 Å². The van der Waals surface area contributed by atoms with E-state index in [-0.39, 0.29) is 11.8 Å². The van der Waals surface area contributed by atoms with Gasteiger partial charge in [-0.1, -0.05) is 11.6 Å². The van der Waals surface area contributed by atoms with E-state index in [1.54, 1.807) is 22.7 Å². The molecule has 0 atom stereocenters. The molecule has 0 bridgehead atoms. The maximum atomic E-state index is 12.7. The zero-order chi connectivity index (χ0) is 16.8. The Morgan fingerprint density at radius 2 is 1.96 bits per heavy atom. The average molecular weight is 356 g/mol. The zero-order valence-electron chi connectivity index (χ0n) is 13.5. The lowest BCUT2D eigenvalue weighted by atomic mass is 10.1. The molecule has 1 heterocycles. The number of hydrogen-bond acceptors (Lipinski definition) is 4. The zero-order valence-corrected chi connectivity index (χ0v) is 15.0. The summed E-state index contributed by atoms with van der Waals surface area (Å²) in [4.78, 5) is 29.2. The summed E-state index contributed by atoms with van der Waals surface area (Å²) in [5.74, 6) is -0.00782. The van der Waals surface area contributed by atoms with Crippen LogP contribution in [-0.4, -0.2) is 67.1 Å². The van der Waals surface area contributed by atoms with Crippen molar-refractivity contribution in [2.75, 3.05) is 45.5 Å². The molecule has 0 radical (unpaired) electrons. The molecule has 0 aromatic heterocycles. The molecule has 2 rings (SSSR count). The van der Waals surface area contributed by atoms with Crippen LogP contribution in [0.4, 0.5) is 0 Å². The fourth-order valence-corrected chi connectivity index (χ4v) is 3.17. The van der Waals surface area contributed by atoms with Crippen molar-refractivity contribution in [1.29, 1.82) is 0 Å². The van der Waals surface area contributed by atoms with Crippen LogP contribution in [0, 0.1) is 0 Å². The van der Waals surface area contributed by atoms with Crippen molar-refractivity contribution < 1.29 is 9.59 Å². The predicted octanol–water partition coefficient (Wildman–Crippen LogP) is 1.96. The number of likely N-dealkylation sites (N-methyl/N-ethyl adjacent to an activating group) is 1. The fraction of sp³-hybridized carbons (Fsp3) is 0.500. The first-order valence-electron chi connectivity index (χ1n) is 7.67. The van der Waals surface area contributed by atoms with Crippen molar-refractivity contribution in [1.82, 2.24) is 15.1 Å². The van der Waals surface area contributed by atoms with E-state index < -0.39 is 0 Å². The Labute approximate surface area is 146 Å². The highest BCUT2D eigenvalue weighted by Crippen LogP contribution is 2.24. The number of carbonyl (C=O) groups is 2. The van der Waals surface area contributed by atoms with Crippen molar-refractivity contribution in [2.45, 2.75) is 11.8 Å². The standard InChI is InChI=1S/C16H22ClN3O2S/c1-3-18-15(21)11-19-6-8-20(9-7-19)16(22)13-10-12(23-2)4-5-14(13)17/h4-5,10H,3,6-9,11H2,1-2H3,(H,18,21). The molecule has 126 valence electrons. The second-order valence-electron chi connectivity index (χ2n) is 5.37. The number of amides is 2. The first kappa shape index (κ1) is 18.1. The Morgan fingerprint density at radius 3 is 2.57 bits per heavy atom. The van der Waals surface area contributed by atoms with Crippen LogP contribution in [0.15, 0.2) is 23.1 Å². The first-order valence-corrected chi connectivity index (χ1v) is 9.27. The summed E-state index contributed by atoms with van der Waals surface area (Å²) < 4.78 is 0. The topological polar surface area (TPSA) is 52.7 Å². The molecule has 0 unspecified atom stereocenters. The minimum Gasteiger partial charge on any atom is -0.355 e. The predicted molar refractivity (Wildman–Crippen MR) is 94.3 cm³/mol. The van der Waals surface area contributed by atoms with E-state index in [0.29, 0.717) is 49.9 Å². The van der Waals surface area contributed by atoms with Crippen LogP contribution in [0.25, 0.3) is 0 Å². The molecule has 1 fully saturated rings. The summed E-state index contributed by atoms with van der Waals surface area (Å²) in [6.07, 6.45) is 1.97. The molecule has 1 N–H and O–H groups in total. The Hall–Kier alpha value is -1.24. The van der Waals surface area contributed by atoms with E-state index in [2.05, 4.69) is 10.2 Å². The van der Waals surface area contributed by atoms with Crippen LogP contribution in [0.1, 0.15) is 17.3 Å². The minimum absolute atomic E-state index is 0.0305. The Kier molecular flexibility index (Phi) is 6.74. The van der Waals surface area contributed by atoms with Crippen LogP contribution < -0.4 is 5.32 Å². The third-order valence-electron chi connectivity index (χ3n) is 3.80. The molecular weight excluding hydrogens is 334 g/mol. The van der Waals surface area contributed by atoms with Gasteiger partial charge in [-0.25, -0.2) is 0 Å². The summed E-state index contributed by atoms with van der Waals surface area (Å²) in [7, 11) is 0. The van der Waals surface area contributed by atoms with Crippen molar-refractivity contribution in [3.8, 4) is 0 Å². The molecule has 7 heteroatoms. The third kappa shape index (κ3) is 4.86. The number of halogens is 1. The lowest BCUT2D eigenvalue weighted by molar-refractivity contribution is -0.122. The van der Waals surface area contributed by atoms with E-state index in [0.717, 1.165) is 4.90 Å². The average Bonchev–Trinajstić information content (AvgIpc) is 2.55. The molecule has 1 aromatic rings. The molecule has 0 aliphatic carbocycles. The van der Waals surface area contributed by atoms with E-state index >= 15 is 0 Å². The summed E-state index contributed by atoms with van der Waals surface area (Å²) in [5.41, 5.74) is 0.552. The number of benzene rings is 1. The first-order chi connectivity index (χ1) is 11.0. The van der Waals surface area contributed by atoms with Gasteiger partial charge in [0.2, 0.25) is 5.91 Å². The SMILES string of the molecule is CCNC(=O)CN1CCN(C(=O)c2cc(SC)ccc2Cl)CC1. The lowest BCUT2D eigenvalue weighted by Gasteiger charge is -2.34. The molecule has 1 aromatic carbocycles. The van der Waals surface area contributed by atoms with Gasteiger partial charge < -0.3 is 10.2 Å². The van der Waals surface area contributed by atoms with Crippen LogP contribution in [0.3, 0.4) is 0 Å². The Balaban J connectivity index is 1.95. The van der Waals surface area contributed by atoms with Gasteiger partial charge in [-0.05, 0) is 31.4 Å². The molecule has 2 amide bonds. The van der Waals surface area contributed by atoms with Crippen molar-refractivity contribution in [3.63, 3.8) is 0 Å². The number of hydrogen-bond donors (Lipinski definition) is 1. The second kappa shape index (κ2) is 8.57. The maximum absolute atomic E-state index is 12.7. The Morgan fingerprint density at radius 1 is 1.26 bits per heavy atom. The van der Waals surface area contributed by atoms with Gasteiger partial charge in [0.25, 0.3) is 5.91 Å². The summed E-state index contributed by atoms with van der Waals surface area (Å²) in [6, 6.07) is 5.52. The van der Waals surface area contributed by atoms with E-state index in [9.17, 15) is 9.59 Å². The van der Waals surface area contributed by atoms with Gasteiger partial charge in [-0.3, -0.25) is 14.5 Å². The summed E-state index contributed by atoms with van der Waals surface area (Å²) in [5, 5.41) is 3.28. The fourth-order valence-electron chi connectivity index (χ4n) is 2.53. The van der Waals surface area contributed by atoms with E-state index in [1.165, 1.54) is 0 Å². The number of nitrogens with zero attached hydrogens (tertiary/aromatic N) is 2. The maximum Gasteiger partial charge on any atom is 0.255 e. The minimum atomic E-state index is -0.0384. The molecule has 1 aliphatic rings. The van der Waals surface area contributed by atoms with Crippen LogP contribution in [0.2, 0.25) is 5.02 Å². The molecular formula is C16H22ClN3O2S. The highest BCUT2D eigenvalue weighted by molar-refractivity contribution is 7.98.